The van der Waals surface area contributed by atoms with E-state index in [1.165, 1.54) is 0 Å². The minimum absolute atomic E-state index is 0.204. The van der Waals surface area contributed by atoms with E-state index in [2.05, 4.69) is 32.9 Å². The quantitative estimate of drug-likeness (QED) is 0.658. The van der Waals surface area contributed by atoms with Gasteiger partial charge in [-0.15, -0.1) is 0 Å². The van der Waals surface area contributed by atoms with E-state index in [0.717, 1.165) is 9.26 Å². The summed E-state index contributed by atoms with van der Waals surface area (Å²) in [6, 6.07) is 10.8. The van der Waals surface area contributed by atoms with Gasteiger partial charge in [0, 0.05) is 15.5 Å². The van der Waals surface area contributed by atoms with Crippen molar-refractivity contribution >= 4 is 45.8 Å². The van der Waals surface area contributed by atoms with E-state index >= 15 is 0 Å². The van der Waals surface area contributed by atoms with E-state index in [1.54, 1.807) is 18.3 Å². The third kappa shape index (κ3) is 3.17. The Morgan fingerprint density at radius 3 is 2.59 bits per heavy atom. The number of anilines is 1. The van der Waals surface area contributed by atoms with Crippen LogP contribution in [-0.4, -0.2) is 10.9 Å². The number of hydrogen-bond donors (Lipinski definition) is 1. The fraction of sp³-hybridized carbons (Fsp3) is 0. The first-order chi connectivity index (χ1) is 8.16. The third-order valence-electron chi connectivity index (χ3n) is 2.11. The summed E-state index contributed by atoms with van der Waals surface area (Å²) in [5.41, 5.74) is 1.10. The lowest BCUT2D eigenvalue weighted by molar-refractivity contribution is 0.102. The zero-order valence-electron chi connectivity index (χ0n) is 8.65. The molecule has 0 atom stereocenters. The first-order valence-electron chi connectivity index (χ1n) is 4.84. The van der Waals surface area contributed by atoms with Crippen molar-refractivity contribution in [3.8, 4) is 0 Å². The van der Waals surface area contributed by atoms with Crippen LogP contribution >= 0.6 is 34.2 Å². The molecule has 2 aromatic rings. The minimum atomic E-state index is -0.260. The monoisotopic (exact) mass is 358 g/mol. The molecule has 1 amide bonds. The predicted molar refractivity (Wildman–Crippen MR) is 76.4 cm³/mol. The Balaban J connectivity index is 2.17. The molecular weight excluding hydrogens is 351 g/mol. The molecule has 5 heteroatoms. The van der Waals surface area contributed by atoms with Gasteiger partial charge in [0.25, 0.3) is 5.91 Å². The van der Waals surface area contributed by atoms with E-state index in [9.17, 15) is 4.79 Å². The standard InChI is InChI=1S/C12H8ClIN2O/c13-11-10(2-1-7-15-11)12(17)16-9-5-3-8(14)4-6-9/h1-7H,(H,16,17). The van der Waals surface area contributed by atoms with Crippen molar-refractivity contribution in [2.24, 2.45) is 0 Å². The molecule has 0 aliphatic heterocycles. The van der Waals surface area contributed by atoms with Gasteiger partial charge < -0.3 is 5.32 Å². The molecule has 3 nitrogen and oxygen atoms in total. The average Bonchev–Trinajstić information content (AvgIpc) is 2.32. The Bertz CT molecular complexity index is 542. The highest BCUT2D eigenvalue weighted by Crippen LogP contribution is 2.15. The van der Waals surface area contributed by atoms with Crippen molar-refractivity contribution in [2.75, 3.05) is 5.32 Å². The number of carbonyl (C=O) groups excluding carboxylic acids is 1. The van der Waals surface area contributed by atoms with E-state index in [1.807, 2.05) is 24.3 Å². The topological polar surface area (TPSA) is 42.0 Å². The summed E-state index contributed by atoms with van der Waals surface area (Å²) in [6.07, 6.45) is 1.55. The van der Waals surface area contributed by atoms with Crippen molar-refractivity contribution < 1.29 is 4.79 Å². The molecule has 1 N–H and O–H groups in total. The van der Waals surface area contributed by atoms with Crippen LogP contribution in [0.3, 0.4) is 0 Å². The normalized spacial score (nSPS) is 10.0. The summed E-state index contributed by atoms with van der Waals surface area (Å²) in [7, 11) is 0. The van der Waals surface area contributed by atoms with Gasteiger partial charge >= 0.3 is 0 Å². The van der Waals surface area contributed by atoms with E-state index < -0.39 is 0 Å². The minimum Gasteiger partial charge on any atom is -0.322 e. The van der Waals surface area contributed by atoms with E-state index in [4.69, 9.17) is 11.6 Å². The highest BCUT2D eigenvalue weighted by Gasteiger charge is 2.10. The second-order valence-corrected chi connectivity index (χ2v) is 4.91. The summed E-state index contributed by atoms with van der Waals surface area (Å²) in [4.78, 5) is 15.7. The van der Waals surface area contributed by atoms with Gasteiger partial charge in [-0.2, -0.15) is 0 Å². The Kier molecular flexibility index (Phi) is 3.96. The first-order valence-corrected chi connectivity index (χ1v) is 6.30. The van der Waals surface area contributed by atoms with Gasteiger partial charge in [-0.3, -0.25) is 4.79 Å². The Labute approximate surface area is 117 Å². The molecule has 86 valence electrons. The number of aromatic nitrogens is 1. The molecule has 0 saturated carbocycles. The lowest BCUT2D eigenvalue weighted by Crippen LogP contribution is -2.12. The highest BCUT2D eigenvalue weighted by atomic mass is 127. The van der Waals surface area contributed by atoms with Crippen molar-refractivity contribution in [3.63, 3.8) is 0 Å². The van der Waals surface area contributed by atoms with Gasteiger partial charge in [0.05, 0.1) is 5.56 Å². The van der Waals surface area contributed by atoms with Gasteiger partial charge in [0.15, 0.2) is 0 Å². The second-order valence-electron chi connectivity index (χ2n) is 3.30. The number of pyridine rings is 1. The van der Waals surface area contributed by atoms with Crippen LogP contribution in [0.4, 0.5) is 5.69 Å². The van der Waals surface area contributed by atoms with Crippen LogP contribution in [-0.2, 0) is 0 Å². The van der Waals surface area contributed by atoms with Gasteiger partial charge in [0.2, 0.25) is 0 Å². The first kappa shape index (κ1) is 12.3. The summed E-state index contributed by atoms with van der Waals surface area (Å²) in [5, 5.41) is 2.96. The summed E-state index contributed by atoms with van der Waals surface area (Å²) in [6.45, 7) is 0. The smallest absolute Gasteiger partial charge is 0.258 e. The summed E-state index contributed by atoms with van der Waals surface area (Å²) >= 11 is 8.04. The fourth-order valence-corrected chi connectivity index (χ4v) is 1.85. The zero-order chi connectivity index (χ0) is 12.3. The highest BCUT2D eigenvalue weighted by molar-refractivity contribution is 14.1. The van der Waals surface area contributed by atoms with Crippen molar-refractivity contribution in [2.45, 2.75) is 0 Å². The number of nitrogens with zero attached hydrogens (tertiary/aromatic N) is 1. The maximum Gasteiger partial charge on any atom is 0.258 e. The lowest BCUT2D eigenvalue weighted by Gasteiger charge is -2.05. The van der Waals surface area contributed by atoms with Crippen LogP contribution in [0.25, 0.3) is 0 Å². The Morgan fingerprint density at radius 1 is 1.24 bits per heavy atom. The van der Waals surface area contributed by atoms with Crippen molar-refractivity contribution in [3.05, 3.63) is 56.9 Å². The number of amides is 1. The molecule has 0 bridgehead atoms. The maximum atomic E-state index is 11.9. The molecule has 1 aromatic heterocycles. The maximum absolute atomic E-state index is 11.9. The van der Waals surface area contributed by atoms with Crippen LogP contribution in [0, 0.1) is 3.57 Å². The second kappa shape index (κ2) is 5.46. The molecule has 0 unspecified atom stereocenters. The predicted octanol–water partition coefficient (Wildman–Crippen LogP) is 3.59. The molecule has 2 rings (SSSR count). The van der Waals surface area contributed by atoms with Gasteiger partial charge in [-0.05, 0) is 59.0 Å². The molecular formula is C12H8ClIN2O. The molecule has 0 fully saturated rings. The van der Waals surface area contributed by atoms with Crippen LogP contribution in [0.1, 0.15) is 10.4 Å². The van der Waals surface area contributed by atoms with Gasteiger partial charge in [0.1, 0.15) is 5.15 Å². The fourth-order valence-electron chi connectivity index (χ4n) is 1.29. The lowest BCUT2D eigenvalue weighted by atomic mass is 10.2. The molecule has 1 heterocycles. The molecule has 0 saturated heterocycles. The molecule has 17 heavy (non-hydrogen) atoms. The van der Waals surface area contributed by atoms with Crippen molar-refractivity contribution in [1.82, 2.24) is 4.98 Å². The number of hydrogen-bond acceptors (Lipinski definition) is 2. The number of halogens is 2. The summed E-state index contributed by atoms with van der Waals surface area (Å²) < 4.78 is 1.11. The van der Waals surface area contributed by atoms with E-state index in [-0.39, 0.29) is 11.1 Å². The van der Waals surface area contributed by atoms with Crippen LogP contribution < -0.4 is 5.32 Å². The molecule has 0 radical (unpaired) electrons. The van der Waals surface area contributed by atoms with E-state index in [0.29, 0.717) is 5.56 Å². The summed E-state index contributed by atoms with van der Waals surface area (Å²) in [5.74, 6) is -0.260. The Hall–Kier alpha value is -1.14. The molecule has 0 spiro atoms. The van der Waals surface area contributed by atoms with Gasteiger partial charge in [-0.1, -0.05) is 11.6 Å². The van der Waals surface area contributed by atoms with Crippen molar-refractivity contribution in [1.29, 1.82) is 0 Å². The molecule has 0 aliphatic rings. The number of benzene rings is 1. The zero-order valence-corrected chi connectivity index (χ0v) is 11.6. The number of nitrogens with one attached hydrogen (secondary N) is 1. The molecule has 1 aromatic carbocycles. The largest absolute Gasteiger partial charge is 0.322 e. The number of carbonyl (C=O) groups is 1. The van der Waals surface area contributed by atoms with Crippen LogP contribution in [0.15, 0.2) is 42.6 Å². The van der Waals surface area contributed by atoms with Gasteiger partial charge in [-0.25, -0.2) is 4.98 Å². The van der Waals surface area contributed by atoms with Crippen LogP contribution in [0.5, 0.6) is 0 Å². The third-order valence-corrected chi connectivity index (χ3v) is 3.13. The van der Waals surface area contributed by atoms with Crippen LogP contribution in [0.2, 0.25) is 5.15 Å². The average molecular weight is 359 g/mol. The number of rotatable bonds is 2. The molecule has 0 aliphatic carbocycles. The SMILES string of the molecule is O=C(Nc1ccc(I)cc1)c1cccnc1Cl. The Morgan fingerprint density at radius 2 is 1.94 bits per heavy atom.